The van der Waals surface area contributed by atoms with Gasteiger partial charge >= 0.3 is 0 Å². The lowest BCUT2D eigenvalue weighted by molar-refractivity contribution is 0.0338. The van der Waals surface area contributed by atoms with E-state index in [1.165, 1.54) is 0 Å². The Balaban J connectivity index is 1.32. The van der Waals surface area contributed by atoms with Crippen molar-refractivity contribution >= 4 is 16.6 Å². The van der Waals surface area contributed by atoms with Crippen molar-refractivity contribution in [2.24, 2.45) is 0 Å². The van der Waals surface area contributed by atoms with Gasteiger partial charge in [-0.2, -0.15) is 5.10 Å². The molecule has 3 aromatic rings. The fourth-order valence-corrected chi connectivity index (χ4v) is 5.47. The average molecular weight is 541 g/mol. The maximum absolute atomic E-state index is 10.3. The van der Waals surface area contributed by atoms with E-state index in [0.29, 0.717) is 19.6 Å². The Labute approximate surface area is 237 Å². The molecule has 5 rings (SSSR count). The highest BCUT2D eigenvalue weighted by Crippen LogP contribution is 2.29. The van der Waals surface area contributed by atoms with Gasteiger partial charge in [-0.25, -0.2) is 0 Å². The normalized spacial score (nSPS) is 20.9. The molecule has 1 aromatic carbocycles. The van der Waals surface area contributed by atoms with Gasteiger partial charge in [-0.15, -0.1) is 0 Å². The van der Waals surface area contributed by atoms with Gasteiger partial charge in [-0.3, -0.25) is 14.6 Å². The summed E-state index contributed by atoms with van der Waals surface area (Å²) in [5, 5.41) is 20.0. The maximum atomic E-state index is 10.3. The second-order valence-electron chi connectivity index (χ2n) is 10.6. The number of aliphatic hydroxyl groups is 1. The number of nitrogens with one attached hydrogen (secondary N) is 1. The van der Waals surface area contributed by atoms with E-state index in [-0.39, 0.29) is 6.10 Å². The number of hydrogen-bond acceptors (Lipinski definition) is 7. The number of β-amino-alcohol motifs (C(OH)–C–C–N with tert-alkyl or cyclic N) is 1. The molecule has 1 fully saturated rings. The SMILES string of the molecule is CC=C(CNc1cccc2c1c(C)nn2Cc1cccc(C)n1)N1C=CC(OC2CN(C)CC2O)=CC1=CCC. The molecule has 0 radical (unpaired) electrons. The number of fused-ring (bicyclic) bond motifs is 1. The van der Waals surface area contributed by atoms with Crippen molar-refractivity contribution in [1.82, 2.24) is 24.6 Å². The first kappa shape index (κ1) is 27.7. The molecule has 0 amide bonds. The summed E-state index contributed by atoms with van der Waals surface area (Å²) >= 11 is 0. The average Bonchev–Trinajstić information content (AvgIpc) is 3.42. The van der Waals surface area contributed by atoms with Crippen LogP contribution in [-0.2, 0) is 11.3 Å². The summed E-state index contributed by atoms with van der Waals surface area (Å²) in [5.41, 5.74) is 7.31. The minimum Gasteiger partial charge on any atom is -0.486 e. The minimum absolute atomic E-state index is 0.218. The third-order valence-corrected chi connectivity index (χ3v) is 7.39. The van der Waals surface area contributed by atoms with E-state index in [1.807, 2.05) is 42.9 Å². The molecule has 0 bridgehead atoms. The highest BCUT2D eigenvalue weighted by molar-refractivity contribution is 5.94. The fraction of sp³-hybridized carbons (Fsp3) is 0.375. The van der Waals surface area contributed by atoms with Crippen LogP contribution in [0.1, 0.15) is 37.4 Å². The molecule has 2 unspecified atom stereocenters. The topological polar surface area (TPSA) is 78.7 Å². The number of aromatic nitrogens is 3. The molecular formula is C32H40N6O2. The summed E-state index contributed by atoms with van der Waals surface area (Å²) in [6, 6.07) is 12.4. The van der Waals surface area contributed by atoms with Gasteiger partial charge in [0.25, 0.3) is 0 Å². The Kier molecular flexibility index (Phi) is 8.38. The molecule has 4 heterocycles. The molecule has 210 valence electrons. The molecule has 2 atom stereocenters. The second-order valence-corrected chi connectivity index (χ2v) is 10.6. The third kappa shape index (κ3) is 5.98. The van der Waals surface area contributed by atoms with Crippen LogP contribution in [0.15, 0.2) is 84.1 Å². The van der Waals surface area contributed by atoms with Gasteiger partial charge in [-0.05, 0) is 64.6 Å². The zero-order valence-electron chi connectivity index (χ0n) is 24.1. The molecule has 2 aromatic heterocycles. The number of benzene rings is 1. The van der Waals surface area contributed by atoms with Crippen LogP contribution in [0, 0.1) is 13.8 Å². The Hall–Kier alpha value is -3.88. The summed E-state index contributed by atoms with van der Waals surface area (Å²) < 4.78 is 8.22. The van der Waals surface area contributed by atoms with Crippen molar-refractivity contribution < 1.29 is 9.84 Å². The standard InChI is InChI=1S/C32H40N6O2/c1-6-10-26-17-27(40-31-21-36(5)20-30(31)39)15-16-37(26)25(7-2)18-33-28-13-9-14-29-32(28)23(4)35-38(29)19-24-12-8-11-22(3)34-24/h7-17,30-31,33,39H,6,18-21H2,1-5H3. The summed E-state index contributed by atoms with van der Waals surface area (Å²) in [7, 11) is 2.00. The van der Waals surface area contributed by atoms with Crippen LogP contribution in [0.5, 0.6) is 0 Å². The number of aryl methyl sites for hydroxylation is 2. The molecular weight excluding hydrogens is 500 g/mol. The Morgan fingerprint density at radius 3 is 2.73 bits per heavy atom. The summed E-state index contributed by atoms with van der Waals surface area (Å²) in [6.45, 7) is 10.9. The molecule has 2 aliphatic rings. The van der Waals surface area contributed by atoms with Gasteiger partial charge in [0.05, 0.1) is 30.0 Å². The summed E-state index contributed by atoms with van der Waals surface area (Å²) in [6.07, 6.45) is 10.6. The highest BCUT2D eigenvalue weighted by atomic mass is 16.5. The summed E-state index contributed by atoms with van der Waals surface area (Å²) in [4.78, 5) is 8.95. The van der Waals surface area contributed by atoms with E-state index in [4.69, 9.17) is 9.84 Å². The lowest BCUT2D eigenvalue weighted by Gasteiger charge is -2.29. The third-order valence-electron chi connectivity index (χ3n) is 7.39. The monoisotopic (exact) mass is 540 g/mol. The molecule has 0 saturated carbocycles. The molecule has 40 heavy (non-hydrogen) atoms. The van der Waals surface area contributed by atoms with Crippen molar-refractivity contribution in [2.45, 2.75) is 52.9 Å². The molecule has 2 aliphatic heterocycles. The lowest BCUT2D eigenvalue weighted by Crippen LogP contribution is -2.28. The van der Waals surface area contributed by atoms with Gasteiger partial charge in [0.2, 0.25) is 0 Å². The van der Waals surface area contributed by atoms with Crippen LogP contribution in [0.3, 0.4) is 0 Å². The highest BCUT2D eigenvalue weighted by Gasteiger charge is 2.31. The Morgan fingerprint density at radius 2 is 2.00 bits per heavy atom. The van der Waals surface area contributed by atoms with E-state index in [2.05, 4.69) is 83.5 Å². The van der Waals surface area contributed by atoms with Crippen LogP contribution < -0.4 is 5.32 Å². The predicted molar refractivity (Wildman–Crippen MR) is 161 cm³/mol. The van der Waals surface area contributed by atoms with Crippen molar-refractivity contribution in [2.75, 3.05) is 32.0 Å². The summed E-state index contributed by atoms with van der Waals surface area (Å²) in [5.74, 6) is 0.773. The predicted octanol–water partition coefficient (Wildman–Crippen LogP) is 5.11. The van der Waals surface area contributed by atoms with Gasteiger partial charge in [0, 0.05) is 53.5 Å². The minimum atomic E-state index is -0.477. The zero-order chi connectivity index (χ0) is 28.2. The molecule has 1 saturated heterocycles. The van der Waals surface area contributed by atoms with E-state index in [0.717, 1.165) is 63.8 Å². The van der Waals surface area contributed by atoms with Crippen LogP contribution in [0.25, 0.3) is 10.9 Å². The van der Waals surface area contributed by atoms with Gasteiger partial charge in [0.1, 0.15) is 18.0 Å². The van der Waals surface area contributed by atoms with Crippen LogP contribution in [0.4, 0.5) is 5.69 Å². The number of likely N-dealkylation sites (tertiary alicyclic amines) is 1. The Bertz CT molecular complexity index is 1480. The van der Waals surface area contributed by atoms with Crippen LogP contribution >= 0.6 is 0 Å². The number of likely N-dealkylation sites (N-methyl/N-ethyl adjacent to an activating group) is 1. The first-order valence-electron chi connectivity index (χ1n) is 14.1. The molecule has 2 N–H and O–H groups in total. The van der Waals surface area contributed by atoms with Gasteiger partial charge < -0.3 is 20.1 Å². The number of nitrogens with zero attached hydrogens (tertiary/aromatic N) is 5. The molecule has 0 aliphatic carbocycles. The van der Waals surface area contributed by atoms with Gasteiger partial charge in [-0.1, -0.05) is 31.2 Å². The van der Waals surface area contributed by atoms with Crippen molar-refractivity contribution in [3.8, 4) is 0 Å². The Morgan fingerprint density at radius 1 is 1.18 bits per heavy atom. The number of anilines is 1. The van der Waals surface area contributed by atoms with E-state index in [1.54, 1.807) is 0 Å². The first-order chi connectivity index (χ1) is 19.4. The quantitative estimate of drug-likeness (QED) is 0.391. The first-order valence-corrected chi connectivity index (χ1v) is 14.1. The number of ether oxygens (including phenoxy) is 1. The van der Waals surface area contributed by atoms with Crippen molar-refractivity contribution in [1.29, 1.82) is 0 Å². The number of aliphatic hydroxyl groups excluding tert-OH is 1. The van der Waals surface area contributed by atoms with Gasteiger partial charge in [0.15, 0.2) is 0 Å². The van der Waals surface area contributed by atoms with Crippen molar-refractivity contribution in [3.05, 3.63) is 101 Å². The fourth-order valence-electron chi connectivity index (χ4n) is 5.47. The second kappa shape index (κ2) is 12.1. The number of hydrogen-bond donors (Lipinski definition) is 2. The number of rotatable bonds is 9. The molecule has 8 heteroatoms. The zero-order valence-corrected chi connectivity index (χ0v) is 24.1. The van der Waals surface area contributed by atoms with Crippen LogP contribution in [0.2, 0.25) is 0 Å². The smallest absolute Gasteiger partial charge is 0.138 e. The van der Waals surface area contributed by atoms with E-state index in [9.17, 15) is 5.11 Å². The van der Waals surface area contributed by atoms with E-state index < -0.39 is 6.10 Å². The largest absolute Gasteiger partial charge is 0.486 e. The van der Waals surface area contributed by atoms with Crippen molar-refractivity contribution in [3.63, 3.8) is 0 Å². The van der Waals surface area contributed by atoms with E-state index >= 15 is 0 Å². The lowest BCUT2D eigenvalue weighted by atomic mass is 10.1. The molecule has 0 spiro atoms. The number of allylic oxidation sites excluding steroid dienone is 4. The number of pyridine rings is 1. The maximum Gasteiger partial charge on any atom is 0.138 e. The van der Waals surface area contributed by atoms with Crippen LogP contribution in [-0.4, -0.2) is 68.6 Å². The molecule has 8 nitrogen and oxygen atoms in total.